The Morgan fingerprint density at radius 3 is 1.82 bits per heavy atom. The Morgan fingerprint density at radius 2 is 1.41 bits per heavy atom. The van der Waals surface area contributed by atoms with E-state index in [2.05, 4.69) is 51.5 Å². The fourth-order valence-electron chi connectivity index (χ4n) is 1.25. The van der Waals surface area contributed by atoms with Crippen LogP contribution in [-0.4, -0.2) is 12.6 Å². The molecule has 0 spiro atoms. The van der Waals surface area contributed by atoms with E-state index in [0.29, 0.717) is 16.7 Å². The molecule has 2 heteroatoms. The van der Waals surface area contributed by atoms with Crippen molar-refractivity contribution in [1.82, 2.24) is 0 Å². The van der Waals surface area contributed by atoms with Gasteiger partial charge in [0.1, 0.15) is 0 Å². The fourth-order valence-corrected chi connectivity index (χ4v) is 1.25. The monoisotopic (exact) mass is 229 g/mol. The molecule has 0 N–H and O–H groups in total. The van der Waals surface area contributed by atoms with Crippen LogP contribution in [0.4, 0.5) is 0 Å². The summed E-state index contributed by atoms with van der Waals surface area (Å²) >= 11 is 0. The number of carbonyl (C=O) groups excluding carboxylic acids is 1. The van der Waals surface area contributed by atoms with Gasteiger partial charge in [0.2, 0.25) is 0 Å². The molecule has 0 unspecified atom stereocenters. The molecule has 0 aromatic heterocycles. The van der Waals surface area contributed by atoms with E-state index in [1.165, 1.54) is 0 Å². The lowest BCUT2D eigenvalue weighted by atomic mass is 9.90. The van der Waals surface area contributed by atoms with Gasteiger partial charge in [-0.25, -0.2) is 4.99 Å². The van der Waals surface area contributed by atoms with E-state index >= 15 is 0 Å². The smallest absolute Gasteiger partial charge is 0.267 e. The molecule has 2 nitrogen and oxygen atoms in total. The summed E-state index contributed by atoms with van der Waals surface area (Å²) in [6.07, 6.45) is 1.82. The Labute approximate surface area is 103 Å². The van der Waals surface area contributed by atoms with Crippen molar-refractivity contribution in [2.24, 2.45) is 4.99 Å². The Morgan fingerprint density at radius 1 is 0.941 bits per heavy atom. The molecule has 0 aromatic carbocycles. The van der Waals surface area contributed by atoms with E-state index in [0.717, 1.165) is 18.4 Å². The van der Waals surface area contributed by atoms with Crippen LogP contribution in [0.2, 0.25) is 0 Å². The summed E-state index contributed by atoms with van der Waals surface area (Å²) in [4.78, 5) is 14.6. The second-order valence-corrected chi connectivity index (χ2v) is 3.73. The largest absolute Gasteiger partial charge is 0.276 e. The summed E-state index contributed by atoms with van der Waals surface area (Å²) in [5.74, 6) is -0.495. The normalized spacial score (nSPS) is 9.24. The van der Waals surface area contributed by atoms with Gasteiger partial charge in [-0.05, 0) is 35.4 Å². The van der Waals surface area contributed by atoms with Crippen LogP contribution in [0.15, 0.2) is 65.8 Å². The van der Waals surface area contributed by atoms with Gasteiger partial charge in [0.05, 0.1) is 0 Å². The summed E-state index contributed by atoms with van der Waals surface area (Å²) in [5.41, 5.74) is 2.80. The van der Waals surface area contributed by atoms with Gasteiger partial charge in [0.15, 0.2) is 0 Å². The Kier molecular flexibility index (Phi) is 5.83. The summed E-state index contributed by atoms with van der Waals surface area (Å²) in [5, 5.41) is 0. The van der Waals surface area contributed by atoms with Gasteiger partial charge in [-0.3, -0.25) is 4.79 Å². The molecule has 0 heterocycles. The minimum Gasteiger partial charge on any atom is -0.267 e. The van der Waals surface area contributed by atoms with Crippen molar-refractivity contribution in [2.45, 2.75) is 19.8 Å². The first-order valence-corrected chi connectivity index (χ1v) is 5.32. The first-order chi connectivity index (χ1) is 7.86. The van der Waals surface area contributed by atoms with Crippen molar-refractivity contribution < 1.29 is 4.79 Å². The number of allylic oxidation sites excluding steroid dienone is 3. The van der Waals surface area contributed by atoms with Gasteiger partial charge in [-0.15, -0.1) is 0 Å². The zero-order valence-electron chi connectivity index (χ0n) is 10.5. The number of aliphatic imine (C=N–C) groups is 1. The van der Waals surface area contributed by atoms with Gasteiger partial charge < -0.3 is 0 Å². The maximum absolute atomic E-state index is 11.3. The second-order valence-electron chi connectivity index (χ2n) is 3.73. The molecule has 17 heavy (non-hydrogen) atoms. The molecule has 0 aliphatic carbocycles. The van der Waals surface area contributed by atoms with Crippen molar-refractivity contribution >= 4 is 12.6 Å². The van der Waals surface area contributed by atoms with Crippen molar-refractivity contribution in [1.29, 1.82) is 0 Å². The Balaban J connectivity index is 4.84. The minimum absolute atomic E-state index is 0.190. The van der Waals surface area contributed by atoms with Crippen LogP contribution in [-0.2, 0) is 4.79 Å². The molecule has 0 aromatic rings. The summed E-state index contributed by atoms with van der Waals surface area (Å²) in [6, 6.07) is 0. The number of carbonyl (C=O) groups is 1. The quantitative estimate of drug-likeness (QED) is 0.371. The summed E-state index contributed by atoms with van der Waals surface area (Å²) < 4.78 is 0. The summed E-state index contributed by atoms with van der Waals surface area (Å²) in [7, 11) is 0. The molecule has 0 atom stereocenters. The third-order valence-corrected chi connectivity index (χ3v) is 2.47. The van der Waals surface area contributed by atoms with E-state index in [1.54, 1.807) is 0 Å². The second kappa shape index (κ2) is 6.59. The van der Waals surface area contributed by atoms with Gasteiger partial charge in [-0.1, -0.05) is 46.2 Å². The van der Waals surface area contributed by atoms with Crippen LogP contribution in [0.3, 0.4) is 0 Å². The van der Waals surface area contributed by atoms with Crippen LogP contribution in [0.5, 0.6) is 0 Å². The Bertz CT molecular complexity index is 424. The molecule has 0 aliphatic heterocycles. The molecule has 0 bridgehead atoms. The van der Waals surface area contributed by atoms with E-state index < -0.39 is 5.91 Å². The van der Waals surface area contributed by atoms with Crippen molar-refractivity contribution in [3.05, 3.63) is 60.8 Å². The first-order valence-electron chi connectivity index (χ1n) is 5.32. The molecule has 0 aliphatic rings. The SMILES string of the molecule is C=NC(=O)C(=C)C(=C)C(=C)C(=C)C(=C)CCC. The number of hydrogen-bond acceptors (Lipinski definition) is 1. The highest BCUT2D eigenvalue weighted by molar-refractivity contribution is 6.01. The van der Waals surface area contributed by atoms with Crippen molar-refractivity contribution in [2.75, 3.05) is 0 Å². The number of rotatable bonds is 7. The van der Waals surface area contributed by atoms with Crippen LogP contribution < -0.4 is 0 Å². The predicted molar refractivity (Wildman–Crippen MR) is 75.2 cm³/mol. The number of nitrogens with zero attached hydrogens (tertiary/aromatic N) is 1. The van der Waals surface area contributed by atoms with E-state index in [1.807, 2.05) is 0 Å². The Hall–Kier alpha value is -1.96. The minimum atomic E-state index is -0.495. The van der Waals surface area contributed by atoms with Gasteiger partial charge in [-0.2, -0.15) is 0 Å². The standard InChI is InChI=1S/C15H19NO/c1-8-9-10(2)11(3)12(4)13(5)14(6)15(17)16-7/h2-9H2,1H3. The topological polar surface area (TPSA) is 29.4 Å². The highest BCUT2D eigenvalue weighted by Gasteiger charge is 2.14. The lowest BCUT2D eigenvalue weighted by molar-refractivity contribution is -0.114. The third-order valence-electron chi connectivity index (χ3n) is 2.47. The van der Waals surface area contributed by atoms with Gasteiger partial charge in [0.25, 0.3) is 5.91 Å². The summed E-state index contributed by atoms with van der Waals surface area (Å²) in [6.45, 7) is 24.3. The molecule has 0 rings (SSSR count). The number of hydrogen-bond donors (Lipinski definition) is 0. The first kappa shape index (κ1) is 15.0. The zero-order valence-corrected chi connectivity index (χ0v) is 10.5. The molecule has 90 valence electrons. The maximum atomic E-state index is 11.3. The molecule has 0 saturated heterocycles. The van der Waals surface area contributed by atoms with Crippen LogP contribution in [0, 0.1) is 0 Å². The predicted octanol–water partition coefficient (Wildman–Crippen LogP) is 3.79. The van der Waals surface area contributed by atoms with Gasteiger partial charge in [0, 0.05) is 5.57 Å². The van der Waals surface area contributed by atoms with E-state index in [-0.39, 0.29) is 5.57 Å². The lowest BCUT2D eigenvalue weighted by Gasteiger charge is -2.14. The molecule has 1 amide bonds. The highest BCUT2D eigenvalue weighted by Crippen LogP contribution is 2.27. The lowest BCUT2D eigenvalue weighted by Crippen LogP contribution is -2.03. The van der Waals surface area contributed by atoms with Crippen molar-refractivity contribution in [3.8, 4) is 0 Å². The molecular formula is C15H19NO. The van der Waals surface area contributed by atoms with Crippen molar-refractivity contribution in [3.63, 3.8) is 0 Å². The zero-order chi connectivity index (χ0) is 13.6. The maximum Gasteiger partial charge on any atom is 0.276 e. The molecular weight excluding hydrogens is 210 g/mol. The fraction of sp³-hybridized carbons (Fsp3) is 0.200. The number of amides is 1. The van der Waals surface area contributed by atoms with E-state index in [9.17, 15) is 4.79 Å². The third kappa shape index (κ3) is 3.83. The van der Waals surface area contributed by atoms with Crippen LogP contribution in [0.1, 0.15) is 19.8 Å². The molecule has 0 saturated carbocycles. The van der Waals surface area contributed by atoms with Crippen LogP contribution >= 0.6 is 0 Å². The van der Waals surface area contributed by atoms with Gasteiger partial charge >= 0.3 is 0 Å². The molecule has 0 radical (unpaired) electrons. The average molecular weight is 229 g/mol. The average Bonchev–Trinajstić information content (AvgIpc) is 2.34. The van der Waals surface area contributed by atoms with E-state index in [4.69, 9.17) is 0 Å². The highest BCUT2D eigenvalue weighted by atomic mass is 16.1. The molecule has 0 fully saturated rings. The van der Waals surface area contributed by atoms with Crippen LogP contribution in [0.25, 0.3) is 0 Å².